The van der Waals surface area contributed by atoms with Gasteiger partial charge < -0.3 is 9.90 Å². The molecule has 0 fully saturated rings. The Labute approximate surface area is 125 Å². The Morgan fingerprint density at radius 3 is 2.43 bits per heavy atom. The molecule has 0 amide bonds. The normalized spacial score (nSPS) is 10.8. The first-order chi connectivity index (χ1) is 10.1. The summed E-state index contributed by atoms with van der Waals surface area (Å²) in [5, 5.41) is 10.8. The molecule has 4 heteroatoms. The number of benzene rings is 1. The summed E-state index contributed by atoms with van der Waals surface area (Å²) in [7, 11) is 0. The van der Waals surface area contributed by atoms with Crippen LogP contribution in [0.15, 0.2) is 30.5 Å². The van der Waals surface area contributed by atoms with E-state index >= 15 is 0 Å². The predicted octanol–water partition coefficient (Wildman–Crippen LogP) is 1.47. The molecule has 0 unspecified atom stereocenters. The first kappa shape index (κ1) is 15.3. The van der Waals surface area contributed by atoms with Crippen LogP contribution < -0.4 is 9.67 Å². The molecule has 0 aliphatic rings. The van der Waals surface area contributed by atoms with Crippen molar-refractivity contribution in [3.8, 4) is 0 Å². The summed E-state index contributed by atoms with van der Waals surface area (Å²) in [5.41, 5.74) is 2.58. The highest BCUT2D eigenvalue weighted by atomic mass is 16.4. The maximum Gasteiger partial charge on any atom is 0.256 e. The third kappa shape index (κ3) is 3.32. The van der Waals surface area contributed by atoms with Gasteiger partial charge in [0, 0.05) is 13.3 Å². The lowest BCUT2D eigenvalue weighted by molar-refractivity contribution is -0.695. The lowest BCUT2D eigenvalue weighted by Gasteiger charge is -2.05. The Hall–Kier alpha value is -2.10. The number of aromatic carboxylic acids is 1. The summed E-state index contributed by atoms with van der Waals surface area (Å²) < 4.78 is 4.61. The molecule has 1 aromatic heterocycles. The number of rotatable bonds is 6. The molecule has 0 saturated carbocycles. The number of hydrogen-bond acceptors (Lipinski definition) is 2. The van der Waals surface area contributed by atoms with Crippen LogP contribution in [-0.2, 0) is 19.5 Å². The van der Waals surface area contributed by atoms with Gasteiger partial charge in [0.15, 0.2) is 0 Å². The Morgan fingerprint density at radius 2 is 1.90 bits per heavy atom. The smallest absolute Gasteiger partial charge is 0.256 e. The Morgan fingerprint density at radius 1 is 1.24 bits per heavy atom. The van der Waals surface area contributed by atoms with Gasteiger partial charge in [0.05, 0.1) is 12.5 Å². The van der Waals surface area contributed by atoms with Gasteiger partial charge in [-0.2, -0.15) is 0 Å². The van der Waals surface area contributed by atoms with Crippen LogP contribution in [0.4, 0.5) is 0 Å². The highest BCUT2D eigenvalue weighted by molar-refractivity contribution is 5.85. The molecular formula is C17H22N2O2. The van der Waals surface area contributed by atoms with Crippen molar-refractivity contribution in [1.29, 1.82) is 0 Å². The molecule has 0 atom stereocenters. The average molecular weight is 286 g/mol. The van der Waals surface area contributed by atoms with Gasteiger partial charge in [-0.25, -0.2) is 9.13 Å². The minimum atomic E-state index is -1.13. The molecule has 0 aliphatic carbocycles. The number of imidazole rings is 1. The second-order valence-corrected chi connectivity index (χ2v) is 5.30. The zero-order valence-electron chi connectivity index (χ0n) is 12.9. The fraction of sp³-hybridized carbons (Fsp3) is 0.412. The van der Waals surface area contributed by atoms with E-state index in [1.54, 1.807) is 12.1 Å². The van der Waals surface area contributed by atoms with Gasteiger partial charge in [0.2, 0.25) is 0 Å². The maximum atomic E-state index is 10.8. The van der Waals surface area contributed by atoms with Crippen LogP contribution in [0.25, 0.3) is 0 Å². The van der Waals surface area contributed by atoms with E-state index in [0.717, 1.165) is 31.5 Å². The number of aryl methyl sites for hydroxylation is 1. The number of carbonyl (C=O) groups excluding carboxylic acids is 1. The molecule has 112 valence electrons. The second kappa shape index (κ2) is 6.57. The number of carbonyl (C=O) groups is 1. The third-order valence-electron chi connectivity index (χ3n) is 3.72. The van der Waals surface area contributed by atoms with Crippen LogP contribution in [0.1, 0.15) is 47.7 Å². The number of carboxylic acid groups (broad SMARTS) is 1. The van der Waals surface area contributed by atoms with Gasteiger partial charge in [-0.3, -0.25) is 0 Å². The Bertz CT molecular complexity index is 627. The van der Waals surface area contributed by atoms with E-state index in [1.807, 2.05) is 12.1 Å². The molecule has 0 aliphatic heterocycles. The fourth-order valence-electron chi connectivity index (χ4n) is 2.73. The van der Waals surface area contributed by atoms with Gasteiger partial charge >= 0.3 is 0 Å². The highest BCUT2D eigenvalue weighted by Crippen LogP contribution is 2.08. The molecular weight excluding hydrogens is 264 g/mol. The standard InChI is InChI=1S/C17H22N2O2/c1-4-10-19-13(3)11-18(16(19)5-2)12-14-6-8-15(9-7-14)17(20)21/h6-9,11H,4-5,10,12H2,1-3H3. The number of nitrogens with zero attached hydrogens (tertiary/aromatic N) is 2. The van der Waals surface area contributed by atoms with E-state index in [0.29, 0.717) is 0 Å². The van der Waals surface area contributed by atoms with Gasteiger partial charge in [0.1, 0.15) is 18.4 Å². The fourth-order valence-corrected chi connectivity index (χ4v) is 2.73. The Balaban J connectivity index is 2.26. The van der Waals surface area contributed by atoms with Crippen LogP contribution in [0.2, 0.25) is 0 Å². The molecule has 0 bridgehead atoms. The van der Waals surface area contributed by atoms with Gasteiger partial charge in [-0.1, -0.05) is 38.1 Å². The molecule has 0 spiro atoms. The van der Waals surface area contributed by atoms with Crippen LogP contribution in [0, 0.1) is 6.92 Å². The van der Waals surface area contributed by atoms with Crippen molar-refractivity contribution >= 4 is 5.97 Å². The van der Waals surface area contributed by atoms with E-state index in [4.69, 9.17) is 0 Å². The zero-order valence-corrected chi connectivity index (χ0v) is 12.9. The van der Waals surface area contributed by atoms with E-state index < -0.39 is 5.97 Å². The summed E-state index contributed by atoms with van der Waals surface area (Å²) >= 11 is 0. The first-order valence-corrected chi connectivity index (χ1v) is 7.45. The summed E-state index contributed by atoms with van der Waals surface area (Å²) in [6, 6.07) is 6.91. The van der Waals surface area contributed by atoms with Crippen LogP contribution in [0.3, 0.4) is 0 Å². The highest BCUT2D eigenvalue weighted by Gasteiger charge is 2.18. The van der Waals surface area contributed by atoms with Crippen LogP contribution in [0.5, 0.6) is 0 Å². The third-order valence-corrected chi connectivity index (χ3v) is 3.72. The molecule has 4 nitrogen and oxygen atoms in total. The predicted molar refractivity (Wildman–Crippen MR) is 78.9 cm³/mol. The number of aromatic nitrogens is 2. The summed E-state index contributed by atoms with van der Waals surface area (Å²) in [6.45, 7) is 8.27. The molecule has 2 aromatic rings. The number of hydrogen-bond donors (Lipinski definition) is 0. The largest absolute Gasteiger partial charge is 0.545 e. The first-order valence-electron chi connectivity index (χ1n) is 7.45. The SMILES string of the molecule is CCCn1c(C)c[n+](Cc2ccc(C(=O)[O-])cc2)c1CC. The average Bonchev–Trinajstić information content (AvgIpc) is 2.75. The summed E-state index contributed by atoms with van der Waals surface area (Å²) in [6.07, 6.45) is 4.26. The lowest BCUT2D eigenvalue weighted by atomic mass is 10.1. The molecule has 0 radical (unpaired) electrons. The van der Waals surface area contributed by atoms with Crippen molar-refractivity contribution in [2.24, 2.45) is 0 Å². The molecule has 2 rings (SSSR count). The van der Waals surface area contributed by atoms with Crippen molar-refractivity contribution in [2.45, 2.75) is 46.7 Å². The van der Waals surface area contributed by atoms with Gasteiger partial charge in [-0.15, -0.1) is 0 Å². The zero-order chi connectivity index (χ0) is 15.4. The Kier molecular flexibility index (Phi) is 4.78. The summed E-state index contributed by atoms with van der Waals surface area (Å²) in [5.74, 6) is 0.173. The lowest BCUT2D eigenvalue weighted by Crippen LogP contribution is -2.37. The van der Waals surface area contributed by atoms with E-state index in [1.165, 1.54) is 11.5 Å². The van der Waals surface area contributed by atoms with E-state index in [2.05, 4.69) is 36.1 Å². The number of carboxylic acids is 1. The van der Waals surface area contributed by atoms with Crippen molar-refractivity contribution < 1.29 is 14.5 Å². The molecule has 0 saturated heterocycles. The van der Waals surface area contributed by atoms with Crippen molar-refractivity contribution in [2.75, 3.05) is 0 Å². The minimum Gasteiger partial charge on any atom is -0.545 e. The second-order valence-electron chi connectivity index (χ2n) is 5.30. The summed E-state index contributed by atoms with van der Waals surface area (Å²) in [4.78, 5) is 10.8. The molecule has 1 heterocycles. The molecule has 21 heavy (non-hydrogen) atoms. The van der Waals surface area contributed by atoms with Gasteiger partial charge in [0.25, 0.3) is 5.82 Å². The maximum absolute atomic E-state index is 10.8. The van der Waals surface area contributed by atoms with Crippen molar-refractivity contribution in [3.05, 3.63) is 53.1 Å². The topological polar surface area (TPSA) is 48.9 Å². The molecule has 1 aromatic carbocycles. The van der Waals surface area contributed by atoms with Crippen LogP contribution in [-0.4, -0.2) is 10.5 Å². The van der Waals surface area contributed by atoms with Gasteiger partial charge in [-0.05, 0) is 17.5 Å². The van der Waals surface area contributed by atoms with Crippen molar-refractivity contribution in [1.82, 2.24) is 4.57 Å². The van der Waals surface area contributed by atoms with E-state index in [9.17, 15) is 9.90 Å². The van der Waals surface area contributed by atoms with Crippen LogP contribution >= 0.6 is 0 Å². The quantitative estimate of drug-likeness (QED) is 0.755. The monoisotopic (exact) mass is 286 g/mol. The van der Waals surface area contributed by atoms with E-state index in [-0.39, 0.29) is 5.56 Å². The minimum absolute atomic E-state index is 0.221. The van der Waals surface area contributed by atoms with Crippen molar-refractivity contribution in [3.63, 3.8) is 0 Å². The molecule has 0 N–H and O–H groups in total.